The van der Waals surface area contributed by atoms with Crippen LogP contribution in [0.5, 0.6) is 0 Å². The molecule has 2 atom stereocenters. The number of fused-ring (bicyclic) bond motifs is 1. The molecule has 1 aromatic heterocycles. The third-order valence-corrected chi connectivity index (χ3v) is 3.94. The number of nitriles is 1. The number of thiophene rings is 1. The molecule has 1 aliphatic carbocycles. The Hall–Kier alpha value is -0.850. The van der Waals surface area contributed by atoms with Gasteiger partial charge in [-0.1, -0.05) is 0 Å². The minimum atomic E-state index is 0.106. The highest BCUT2D eigenvalue weighted by Gasteiger charge is 2.20. The van der Waals surface area contributed by atoms with E-state index in [-0.39, 0.29) is 5.92 Å². The summed E-state index contributed by atoms with van der Waals surface area (Å²) in [6.07, 6.45) is 3.72. The molecule has 1 heterocycles. The molecule has 3 heteroatoms. The minimum Gasteiger partial charge on any atom is -0.309 e. The maximum atomic E-state index is 8.73. The lowest BCUT2D eigenvalue weighted by Crippen LogP contribution is -2.27. The van der Waals surface area contributed by atoms with Crippen molar-refractivity contribution in [2.45, 2.75) is 32.2 Å². The number of nitrogens with one attached hydrogen (secondary N) is 1. The highest BCUT2D eigenvalue weighted by atomic mass is 32.1. The number of nitrogens with zero attached hydrogens (tertiary/aromatic N) is 1. The van der Waals surface area contributed by atoms with E-state index in [0.29, 0.717) is 6.04 Å². The predicted molar refractivity (Wildman–Crippen MR) is 62.8 cm³/mol. The predicted octanol–water partition coefficient (Wildman–Crippen LogP) is 2.87. The monoisotopic (exact) mass is 220 g/mol. The Morgan fingerprint density at radius 2 is 2.60 bits per heavy atom. The fraction of sp³-hybridized carbons (Fsp3) is 0.583. The van der Waals surface area contributed by atoms with Gasteiger partial charge in [-0.2, -0.15) is 5.26 Å². The van der Waals surface area contributed by atoms with Gasteiger partial charge in [0.15, 0.2) is 0 Å². The average molecular weight is 220 g/mol. The van der Waals surface area contributed by atoms with E-state index < -0.39 is 0 Å². The molecular formula is C12H16N2S. The number of hydrogen-bond acceptors (Lipinski definition) is 3. The standard InChI is InChI=1S/C12H16N2S/c1-9(7-13)8-14-11-3-2-4-12-10(11)5-6-15-12/h5-6,9,11,14H,2-4,8H2,1H3. The first-order valence-corrected chi connectivity index (χ1v) is 6.38. The summed E-state index contributed by atoms with van der Waals surface area (Å²) in [6, 6.07) is 4.97. The molecule has 2 unspecified atom stereocenters. The van der Waals surface area contributed by atoms with Crippen LogP contribution in [0.15, 0.2) is 11.4 Å². The third kappa shape index (κ3) is 2.39. The van der Waals surface area contributed by atoms with Crippen LogP contribution in [0, 0.1) is 17.2 Å². The fourth-order valence-electron chi connectivity index (χ4n) is 2.06. The Labute approximate surface area is 94.9 Å². The molecule has 1 aliphatic rings. The second-order valence-electron chi connectivity index (χ2n) is 4.18. The maximum absolute atomic E-state index is 8.73. The van der Waals surface area contributed by atoms with Crippen molar-refractivity contribution in [1.82, 2.24) is 5.32 Å². The summed E-state index contributed by atoms with van der Waals surface area (Å²) >= 11 is 1.86. The molecule has 2 rings (SSSR count). The number of aryl methyl sites for hydroxylation is 1. The van der Waals surface area contributed by atoms with Crippen molar-refractivity contribution in [3.8, 4) is 6.07 Å². The Kier molecular flexibility index (Phi) is 3.40. The van der Waals surface area contributed by atoms with Gasteiger partial charge in [0.2, 0.25) is 0 Å². The molecular weight excluding hydrogens is 204 g/mol. The molecule has 0 spiro atoms. The molecule has 2 nitrogen and oxygen atoms in total. The van der Waals surface area contributed by atoms with Crippen LogP contribution in [0.4, 0.5) is 0 Å². The lowest BCUT2D eigenvalue weighted by molar-refractivity contribution is 0.445. The fourth-order valence-corrected chi connectivity index (χ4v) is 3.05. The molecule has 0 saturated carbocycles. The van der Waals surface area contributed by atoms with E-state index in [9.17, 15) is 0 Å². The topological polar surface area (TPSA) is 35.8 Å². The van der Waals surface area contributed by atoms with E-state index in [4.69, 9.17) is 5.26 Å². The van der Waals surface area contributed by atoms with Gasteiger partial charge in [0, 0.05) is 17.5 Å². The van der Waals surface area contributed by atoms with Crippen molar-refractivity contribution in [3.63, 3.8) is 0 Å². The first-order chi connectivity index (χ1) is 7.31. The van der Waals surface area contributed by atoms with Gasteiger partial charge in [0.25, 0.3) is 0 Å². The van der Waals surface area contributed by atoms with E-state index in [0.717, 1.165) is 6.54 Å². The quantitative estimate of drug-likeness (QED) is 0.850. The molecule has 0 aromatic carbocycles. The van der Waals surface area contributed by atoms with Crippen LogP contribution in [0.25, 0.3) is 0 Å². The normalized spacial score (nSPS) is 21.7. The van der Waals surface area contributed by atoms with Crippen molar-refractivity contribution < 1.29 is 0 Å². The summed E-state index contributed by atoms with van der Waals surface area (Å²) in [5, 5.41) is 14.4. The Balaban J connectivity index is 1.98. The minimum absolute atomic E-state index is 0.106. The van der Waals surface area contributed by atoms with Gasteiger partial charge in [-0.3, -0.25) is 0 Å². The largest absolute Gasteiger partial charge is 0.309 e. The summed E-state index contributed by atoms with van der Waals surface area (Å²) in [7, 11) is 0. The third-order valence-electron chi connectivity index (χ3n) is 2.94. The molecule has 0 saturated heterocycles. The SMILES string of the molecule is CC(C#N)CNC1CCCc2sccc21. The van der Waals surface area contributed by atoms with Crippen molar-refractivity contribution in [3.05, 3.63) is 21.9 Å². The van der Waals surface area contributed by atoms with Gasteiger partial charge in [0.05, 0.1) is 12.0 Å². The molecule has 1 aromatic rings. The lowest BCUT2D eigenvalue weighted by Gasteiger charge is -2.24. The second kappa shape index (κ2) is 4.78. The van der Waals surface area contributed by atoms with Crippen molar-refractivity contribution in [2.24, 2.45) is 5.92 Å². The van der Waals surface area contributed by atoms with Gasteiger partial charge >= 0.3 is 0 Å². The maximum Gasteiger partial charge on any atom is 0.0666 e. The molecule has 0 bridgehead atoms. The molecule has 80 valence electrons. The van der Waals surface area contributed by atoms with Gasteiger partial charge in [0.1, 0.15) is 0 Å². The van der Waals surface area contributed by atoms with Crippen LogP contribution in [-0.4, -0.2) is 6.54 Å². The molecule has 0 amide bonds. The summed E-state index contributed by atoms with van der Waals surface area (Å²) in [5.41, 5.74) is 1.47. The summed E-state index contributed by atoms with van der Waals surface area (Å²) in [4.78, 5) is 1.53. The molecule has 1 N–H and O–H groups in total. The van der Waals surface area contributed by atoms with Crippen molar-refractivity contribution >= 4 is 11.3 Å². The van der Waals surface area contributed by atoms with Gasteiger partial charge in [-0.05, 0) is 43.2 Å². The molecule has 0 aliphatic heterocycles. The highest BCUT2D eigenvalue weighted by Crippen LogP contribution is 2.33. The first kappa shape index (κ1) is 10.7. The van der Waals surface area contributed by atoms with E-state index in [2.05, 4.69) is 22.8 Å². The molecule has 15 heavy (non-hydrogen) atoms. The van der Waals surface area contributed by atoms with Crippen LogP contribution < -0.4 is 5.32 Å². The molecule has 0 radical (unpaired) electrons. The molecule has 0 fully saturated rings. The Morgan fingerprint density at radius 1 is 1.73 bits per heavy atom. The highest BCUT2D eigenvalue weighted by molar-refractivity contribution is 7.10. The van der Waals surface area contributed by atoms with E-state index in [1.54, 1.807) is 0 Å². The zero-order valence-electron chi connectivity index (χ0n) is 8.99. The van der Waals surface area contributed by atoms with Crippen LogP contribution >= 0.6 is 11.3 Å². The van der Waals surface area contributed by atoms with E-state index in [1.807, 2.05) is 18.3 Å². The van der Waals surface area contributed by atoms with Crippen molar-refractivity contribution in [2.75, 3.05) is 6.54 Å². The van der Waals surface area contributed by atoms with Crippen LogP contribution in [0.1, 0.15) is 36.2 Å². The lowest BCUT2D eigenvalue weighted by atomic mass is 9.94. The number of hydrogen-bond donors (Lipinski definition) is 1. The summed E-state index contributed by atoms with van der Waals surface area (Å²) in [5.74, 6) is 0.106. The van der Waals surface area contributed by atoms with Gasteiger partial charge in [-0.15, -0.1) is 11.3 Å². The van der Waals surface area contributed by atoms with E-state index in [1.165, 1.54) is 29.7 Å². The second-order valence-corrected chi connectivity index (χ2v) is 5.18. The zero-order chi connectivity index (χ0) is 10.7. The van der Waals surface area contributed by atoms with Crippen LogP contribution in [0.3, 0.4) is 0 Å². The van der Waals surface area contributed by atoms with E-state index >= 15 is 0 Å². The smallest absolute Gasteiger partial charge is 0.0666 e. The van der Waals surface area contributed by atoms with Gasteiger partial charge < -0.3 is 5.32 Å². The number of rotatable bonds is 3. The zero-order valence-corrected chi connectivity index (χ0v) is 9.81. The summed E-state index contributed by atoms with van der Waals surface area (Å²) < 4.78 is 0. The Bertz CT molecular complexity index is 364. The van der Waals surface area contributed by atoms with Crippen LogP contribution in [-0.2, 0) is 6.42 Å². The average Bonchev–Trinajstić information content (AvgIpc) is 2.74. The summed E-state index contributed by atoms with van der Waals surface area (Å²) in [6.45, 7) is 2.76. The van der Waals surface area contributed by atoms with Crippen LogP contribution in [0.2, 0.25) is 0 Å². The Morgan fingerprint density at radius 3 is 3.40 bits per heavy atom. The van der Waals surface area contributed by atoms with Crippen molar-refractivity contribution in [1.29, 1.82) is 5.26 Å². The first-order valence-electron chi connectivity index (χ1n) is 5.50. The van der Waals surface area contributed by atoms with Gasteiger partial charge in [-0.25, -0.2) is 0 Å².